The molecule has 3 nitrogen and oxygen atoms in total. The Morgan fingerprint density at radius 2 is 2.05 bits per heavy atom. The minimum Gasteiger partial charge on any atom is -0.377 e. The summed E-state index contributed by atoms with van der Waals surface area (Å²) in [6, 6.07) is 10.7. The molecule has 0 aliphatic heterocycles. The van der Waals surface area contributed by atoms with Crippen LogP contribution in [0.25, 0.3) is 11.3 Å². The van der Waals surface area contributed by atoms with Crippen LogP contribution in [0, 0.1) is 4.64 Å². The smallest absolute Gasteiger partial charge is 0.134 e. The van der Waals surface area contributed by atoms with Gasteiger partial charge in [0, 0.05) is 12.8 Å². The van der Waals surface area contributed by atoms with Crippen LogP contribution in [0.5, 0.6) is 0 Å². The summed E-state index contributed by atoms with van der Waals surface area (Å²) in [6.45, 7) is 0.442. The largest absolute Gasteiger partial charge is 0.377 e. The summed E-state index contributed by atoms with van der Waals surface area (Å²) in [7, 11) is 1.65. The molecule has 0 spiro atoms. The molecule has 1 aromatic heterocycles. The van der Waals surface area contributed by atoms with Gasteiger partial charge in [-0.05, 0) is 36.0 Å². The van der Waals surface area contributed by atoms with Crippen molar-refractivity contribution in [3.8, 4) is 11.3 Å². The van der Waals surface area contributed by atoms with Crippen molar-refractivity contribution in [2.75, 3.05) is 7.11 Å². The van der Waals surface area contributed by atoms with Gasteiger partial charge in [-0.3, -0.25) is 0 Å². The minimum absolute atomic E-state index is 0.442. The fourth-order valence-electron chi connectivity index (χ4n) is 2.55. The van der Waals surface area contributed by atoms with Crippen LogP contribution in [-0.2, 0) is 11.3 Å². The minimum atomic E-state index is 0.442. The maximum absolute atomic E-state index is 5.21. The van der Waals surface area contributed by atoms with E-state index in [1.807, 2.05) is 6.07 Å². The fourth-order valence-corrected chi connectivity index (χ4v) is 2.77. The van der Waals surface area contributed by atoms with Gasteiger partial charge in [-0.1, -0.05) is 42.9 Å². The molecule has 1 N–H and O–H groups in total. The van der Waals surface area contributed by atoms with Crippen molar-refractivity contribution in [2.24, 2.45) is 0 Å². The van der Waals surface area contributed by atoms with Crippen LogP contribution in [0.2, 0.25) is 0 Å². The monoisotopic (exact) mass is 286 g/mol. The quantitative estimate of drug-likeness (QED) is 0.855. The van der Waals surface area contributed by atoms with E-state index in [9.17, 15) is 0 Å². The van der Waals surface area contributed by atoms with E-state index >= 15 is 0 Å². The second kappa shape index (κ2) is 5.85. The summed E-state index contributed by atoms with van der Waals surface area (Å²) >= 11 is 5.21. The van der Waals surface area contributed by atoms with Gasteiger partial charge in [0.2, 0.25) is 0 Å². The summed E-state index contributed by atoms with van der Waals surface area (Å²) in [6.07, 6.45) is 4.02. The number of methoxy groups -OCH3 is 1. The number of benzene rings is 1. The van der Waals surface area contributed by atoms with Crippen molar-refractivity contribution >= 4 is 12.2 Å². The second-order valence-corrected chi connectivity index (χ2v) is 5.68. The van der Waals surface area contributed by atoms with Gasteiger partial charge in [-0.25, -0.2) is 4.98 Å². The van der Waals surface area contributed by atoms with Gasteiger partial charge < -0.3 is 9.72 Å². The number of rotatable bonds is 4. The molecule has 0 unspecified atom stereocenters. The van der Waals surface area contributed by atoms with E-state index in [4.69, 9.17) is 17.0 Å². The van der Waals surface area contributed by atoms with E-state index in [0.717, 1.165) is 23.0 Å². The average Bonchev–Trinajstić information content (AvgIpc) is 2.37. The molecule has 4 heteroatoms. The third kappa shape index (κ3) is 2.81. The van der Waals surface area contributed by atoms with Crippen molar-refractivity contribution in [3.63, 3.8) is 0 Å². The zero-order chi connectivity index (χ0) is 13.9. The highest BCUT2D eigenvalue weighted by atomic mass is 32.1. The lowest BCUT2D eigenvalue weighted by molar-refractivity contribution is 0.177. The van der Waals surface area contributed by atoms with Crippen LogP contribution in [0.3, 0.4) is 0 Å². The summed E-state index contributed by atoms with van der Waals surface area (Å²) in [4.78, 5) is 7.53. The number of nitrogens with one attached hydrogen (secondary N) is 1. The van der Waals surface area contributed by atoms with Gasteiger partial charge in [0.05, 0.1) is 0 Å². The third-order valence-electron chi connectivity index (χ3n) is 3.87. The Balaban J connectivity index is 1.89. The van der Waals surface area contributed by atoms with Crippen molar-refractivity contribution in [2.45, 2.75) is 31.8 Å². The molecule has 2 aromatic rings. The topological polar surface area (TPSA) is 37.9 Å². The first-order valence-corrected chi connectivity index (χ1v) is 7.36. The van der Waals surface area contributed by atoms with Gasteiger partial charge in [0.25, 0.3) is 0 Å². The van der Waals surface area contributed by atoms with Crippen LogP contribution in [0.4, 0.5) is 0 Å². The van der Waals surface area contributed by atoms with Crippen molar-refractivity contribution in [3.05, 3.63) is 46.4 Å². The number of nitrogens with zero attached hydrogens (tertiary/aromatic N) is 1. The number of ether oxygens (including phenoxy) is 1. The summed E-state index contributed by atoms with van der Waals surface area (Å²) < 4.78 is 5.70. The molecule has 1 aliphatic carbocycles. The molecule has 20 heavy (non-hydrogen) atoms. The standard InChI is InChI=1S/C16H18N2OS/c1-19-10-15-17-14(9-16(20)18-15)13-7-5-12(6-8-13)11-3-2-4-11/h5-9,11H,2-4,10H2,1H3,(H,17,18,20). The predicted octanol–water partition coefficient (Wildman–Crippen LogP) is 4.22. The number of H-pyrrole nitrogens is 1. The number of aromatic amines is 1. The lowest BCUT2D eigenvalue weighted by atomic mass is 9.80. The Labute approximate surface area is 124 Å². The van der Waals surface area contributed by atoms with Gasteiger partial charge in [-0.15, -0.1) is 0 Å². The van der Waals surface area contributed by atoms with E-state index in [2.05, 4.69) is 34.2 Å². The Hall–Kier alpha value is -1.52. The van der Waals surface area contributed by atoms with Crippen LogP contribution < -0.4 is 0 Å². The molecule has 3 rings (SSSR count). The molecular weight excluding hydrogens is 268 g/mol. The average molecular weight is 286 g/mol. The fraction of sp³-hybridized carbons (Fsp3) is 0.375. The van der Waals surface area contributed by atoms with Crippen molar-refractivity contribution < 1.29 is 4.74 Å². The Kier molecular flexibility index (Phi) is 3.94. The zero-order valence-electron chi connectivity index (χ0n) is 11.6. The van der Waals surface area contributed by atoms with Crippen molar-refractivity contribution in [1.82, 2.24) is 9.97 Å². The molecule has 1 aromatic carbocycles. The Morgan fingerprint density at radius 3 is 2.65 bits per heavy atom. The molecule has 0 atom stereocenters. The van der Waals surface area contributed by atoms with E-state index in [-0.39, 0.29) is 0 Å². The van der Waals surface area contributed by atoms with Gasteiger partial charge >= 0.3 is 0 Å². The first-order chi connectivity index (χ1) is 9.76. The highest BCUT2D eigenvalue weighted by Gasteiger charge is 2.19. The first kappa shape index (κ1) is 13.5. The van der Waals surface area contributed by atoms with E-state index in [0.29, 0.717) is 11.2 Å². The molecule has 0 saturated heterocycles. The molecular formula is C16H18N2OS. The number of hydrogen-bond acceptors (Lipinski definition) is 3. The maximum atomic E-state index is 5.21. The SMILES string of the molecule is COCc1nc(=S)cc(-c2ccc(C3CCC3)cc2)[nH]1. The molecule has 0 bridgehead atoms. The summed E-state index contributed by atoms with van der Waals surface area (Å²) in [5, 5.41) is 0. The normalized spacial score (nSPS) is 15.1. The molecule has 1 aliphatic rings. The van der Waals surface area contributed by atoms with E-state index in [1.54, 1.807) is 7.11 Å². The second-order valence-electron chi connectivity index (χ2n) is 5.26. The maximum Gasteiger partial charge on any atom is 0.134 e. The van der Waals surface area contributed by atoms with Crippen LogP contribution in [0.1, 0.15) is 36.6 Å². The number of hydrogen-bond donors (Lipinski definition) is 1. The van der Waals surface area contributed by atoms with Gasteiger partial charge in [-0.2, -0.15) is 0 Å². The molecule has 104 valence electrons. The predicted molar refractivity (Wildman–Crippen MR) is 82.2 cm³/mol. The molecule has 0 amide bonds. The lowest BCUT2D eigenvalue weighted by Gasteiger charge is -2.25. The van der Waals surface area contributed by atoms with Crippen molar-refractivity contribution in [1.29, 1.82) is 0 Å². The van der Waals surface area contributed by atoms with E-state index in [1.165, 1.54) is 24.8 Å². The first-order valence-electron chi connectivity index (χ1n) is 6.96. The Bertz CT molecular complexity index is 644. The third-order valence-corrected chi connectivity index (χ3v) is 4.08. The summed E-state index contributed by atoms with van der Waals surface area (Å²) in [5.74, 6) is 1.53. The lowest BCUT2D eigenvalue weighted by Crippen LogP contribution is -2.08. The number of aromatic nitrogens is 2. The van der Waals surface area contributed by atoms with Crippen LogP contribution >= 0.6 is 12.2 Å². The van der Waals surface area contributed by atoms with Crippen LogP contribution in [0.15, 0.2) is 30.3 Å². The molecule has 1 saturated carbocycles. The molecule has 1 fully saturated rings. The summed E-state index contributed by atoms with van der Waals surface area (Å²) in [5.41, 5.74) is 3.58. The van der Waals surface area contributed by atoms with E-state index < -0.39 is 0 Å². The molecule has 1 heterocycles. The van der Waals surface area contributed by atoms with Crippen LogP contribution in [-0.4, -0.2) is 17.1 Å². The highest BCUT2D eigenvalue weighted by molar-refractivity contribution is 7.71. The highest BCUT2D eigenvalue weighted by Crippen LogP contribution is 2.36. The Morgan fingerprint density at radius 1 is 1.30 bits per heavy atom. The zero-order valence-corrected chi connectivity index (χ0v) is 12.4. The molecule has 0 radical (unpaired) electrons. The van der Waals surface area contributed by atoms with Gasteiger partial charge in [0.15, 0.2) is 0 Å². The van der Waals surface area contributed by atoms with Gasteiger partial charge in [0.1, 0.15) is 17.1 Å².